The summed E-state index contributed by atoms with van der Waals surface area (Å²) in [5, 5.41) is 0. The van der Waals surface area contributed by atoms with E-state index in [0.717, 1.165) is 6.61 Å². The SMILES string of the molecule is CC#CC#CC#CC#CC=C[C@@H]1CO1. The van der Waals surface area contributed by atoms with Gasteiger partial charge in [0.1, 0.15) is 0 Å². The van der Waals surface area contributed by atoms with Gasteiger partial charge in [0.2, 0.25) is 0 Å². The van der Waals surface area contributed by atoms with Crippen molar-refractivity contribution in [2.24, 2.45) is 0 Å². The van der Waals surface area contributed by atoms with E-state index < -0.39 is 0 Å². The van der Waals surface area contributed by atoms with E-state index in [0.29, 0.717) is 0 Å². The summed E-state index contributed by atoms with van der Waals surface area (Å²) in [4.78, 5) is 0. The zero-order valence-corrected chi connectivity index (χ0v) is 7.85. The molecule has 0 bridgehead atoms. The fourth-order valence-electron chi connectivity index (χ4n) is 0.587. The first kappa shape index (κ1) is 10.0. The molecule has 0 aromatic rings. The summed E-state index contributed by atoms with van der Waals surface area (Å²) >= 11 is 0. The predicted octanol–water partition coefficient (Wildman–Crippen LogP) is 0.975. The van der Waals surface area contributed by atoms with Crippen molar-refractivity contribution in [2.75, 3.05) is 6.61 Å². The third kappa shape index (κ3) is 5.57. The maximum atomic E-state index is 4.95. The monoisotopic (exact) mass is 180 g/mol. The number of hydrogen-bond donors (Lipinski definition) is 0. The van der Waals surface area contributed by atoms with Gasteiger partial charge >= 0.3 is 0 Å². The first-order valence-corrected chi connectivity index (χ1v) is 4.14. The Kier molecular flexibility index (Phi) is 4.62. The molecule has 0 amide bonds. The van der Waals surface area contributed by atoms with Gasteiger partial charge in [0.25, 0.3) is 0 Å². The molecule has 0 unspecified atom stereocenters. The molecule has 1 aliphatic rings. The Morgan fingerprint density at radius 2 is 1.71 bits per heavy atom. The zero-order valence-electron chi connectivity index (χ0n) is 7.85. The fourth-order valence-corrected chi connectivity index (χ4v) is 0.587. The second-order valence-corrected chi connectivity index (χ2v) is 2.38. The van der Waals surface area contributed by atoms with E-state index >= 15 is 0 Å². The predicted molar refractivity (Wildman–Crippen MR) is 55.7 cm³/mol. The van der Waals surface area contributed by atoms with Crippen LogP contribution in [0.4, 0.5) is 0 Å². The Bertz CT molecular complexity index is 448. The molecule has 1 fully saturated rings. The number of allylic oxidation sites excluding steroid dienone is 1. The quantitative estimate of drug-likeness (QED) is 0.433. The molecule has 1 heteroatoms. The van der Waals surface area contributed by atoms with Crippen LogP contribution in [0.25, 0.3) is 0 Å². The summed E-state index contributed by atoms with van der Waals surface area (Å²) in [6.45, 7) is 2.54. The number of ether oxygens (including phenoxy) is 1. The molecule has 1 aliphatic heterocycles. The standard InChI is InChI=1S/C13H8O/c1-2-3-4-5-6-7-8-9-10-11-13-12-14-13/h10-11,13H,12H2,1H3/t13-/m1/s1. The van der Waals surface area contributed by atoms with E-state index in [-0.39, 0.29) is 6.10 Å². The van der Waals surface area contributed by atoms with Crippen molar-refractivity contribution in [1.82, 2.24) is 0 Å². The molecule has 0 N–H and O–H groups in total. The lowest BCUT2D eigenvalue weighted by Gasteiger charge is -1.67. The van der Waals surface area contributed by atoms with Crippen molar-refractivity contribution in [1.29, 1.82) is 0 Å². The molecular weight excluding hydrogens is 172 g/mol. The van der Waals surface area contributed by atoms with Gasteiger partial charge in [0.05, 0.1) is 12.7 Å². The van der Waals surface area contributed by atoms with Crippen molar-refractivity contribution in [3.05, 3.63) is 12.2 Å². The molecule has 0 aromatic carbocycles. The Labute approximate surface area is 84.5 Å². The minimum absolute atomic E-state index is 0.275. The molecule has 0 aliphatic carbocycles. The highest BCUT2D eigenvalue weighted by Crippen LogP contribution is 2.08. The van der Waals surface area contributed by atoms with Gasteiger partial charge in [-0.1, -0.05) is 11.8 Å². The molecule has 0 saturated carbocycles. The lowest BCUT2D eigenvalue weighted by atomic mass is 10.4. The van der Waals surface area contributed by atoms with Crippen LogP contribution in [-0.4, -0.2) is 12.7 Å². The fraction of sp³-hybridized carbons (Fsp3) is 0.231. The third-order valence-electron chi connectivity index (χ3n) is 1.26. The van der Waals surface area contributed by atoms with Crippen LogP contribution in [0.3, 0.4) is 0 Å². The Morgan fingerprint density at radius 1 is 1.07 bits per heavy atom. The maximum Gasteiger partial charge on any atom is 0.1000 e. The van der Waals surface area contributed by atoms with Gasteiger partial charge in [-0.3, -0.25) is 0 Å². The summed E-state index contributed by atoms with van der Waals surface area (Å²) < 4.78 is 4.95. The highest BCUT2D eigenvalue weighted by Gasteiger charge is 2.17. The van der Waals surface area contributed by atoms with E-state index in [1.807, 2.05) is 6.08 Å². The molecule has 14 heavy (non-hydrogen) atoms. The first-order valence-electron chi connectivity index (χ1n) is 4.14. The topological polar surface area (TPSA) is 12.5 Å². The van der Waals surface area contributed by atoms with Crippen molar-refractivity contribution in [3.8, 4) is 47.4 Å². The third-order valence-corrected chi connectivity index (χ3v) is 1.26. The number of hydrogen-bond acceptors (Lipinski definition) is 1. The smallest absolute Gasteiger partial charge is 0.1000 e. The number of epoxide rings is 1. The Hall–Kier alpha value is -2.06. The highest BCUT2D eigenvalue weighted by atomic mass is 16.6. The second kappa shape index (κ2) is 6.46. The van der Waals surface area contributed by atoms with Crippen molar-refractivity contribution in [2.45, 2.75) is 13.0 Å². The number of rotatable bonds is 1. The average Bonchev–Trinajstić information content (AvgIpc) is 2.99. The maximum absolute atomic E-state index is 4.95. The average molecular weight is 180 g/mol. The lowest BCUT2D eigenvalue weighted by Crippen LogP contribution is -1.70. The molecule has 1 saturated heterocycles. The van der Waals surface area contributed by atoms with E-state index in [2.05, 4.69) is 47.4 Å². The van der Waals surface area contributed by atoms with Gasteiger partial charge in [0, 0.05) is 0 Å². The van der Waals surface area contributed by atoms with Crippen LogP contribution < -0.4 is 0 Å². The molecular formula is C13H8O. The molecule has 1 heterocycles. The van der Waals surface area contributed by atoms with Gasteiger partial charge in [-0.2, -0.15) is 0 Å². The van der Waals surface area contributed by atoms with Gasteiger partial charge in [-0.05, 0) is 54.6 Å². The molecule has 0 aromatic heterocycles. The van der Waals surface area contributed by atoms with Crippen molar-refractivity contribution < 1.29 is 4.74 Å². The normalized spacial score (nSPS) is 15.9. The first-order chi connectivity index (χ1) is 6.93. The van der Waals surface area contributed by atoms with Crippen LogP contribution in [0.15, 0.2) is 12.2 Å². The van der Waals surface area contributed by atoms with Gasteiger partial charge < -0.3 is 4.74 Å². The van der Waals surface area contributed by atoms with E-state index in [1.54, 1.807) is 13.0 Å². The van der Waals surface area contributed by atoms with E-state index in [1.165, 1.54) is 0 Å². The Balaban J connectivity index is 2.29. The second-order valence-electron chi connectivity index (χ2n) is 2.38. The van der Waals surface area contributed by atoms with E-state index in [4.69, 9.17) is 4.74 Å². The zero-order chi connectivity index (χ0) is 10.1. The van der Waals surface area contributed by atoms with Crippen LogP contribution in [-0.2, 0) is 4.74 Å². The summed E-state index contributed by atoms with van der Waals surface area (Å²) in [6.07, 6.45) is 3.92. The molecule has 0 spiro atoms. The minimum Gasteiger partial charge on any atom is -0.369 e. The van der Waals surface area contributed by atoms with Crippen molar-refractivity contribution >= 4 is 0 Å². The van der Waals surface area contributed by atoms with Gasteiger partial charge in [-0.25, -0.2) is 0 Å². The molecule has 1 rings (SSSR count). The van der Waals surface area contributed by atoms with Crippen LogP contribution in [0.2, 0.25) is 0 Å². The molecule has 66 valence electrons. The van der Waals surface area contributed by atoms with Crippen molar-refractivity contribution in [3.63, 3.8) is 0 Å². The van der Waals surface area contributed by atoms with Crippen LogP contribution in [0.1, 0.15) is 6.92 Å². The highest BCUT2D eigenvalue weighted by molar-refractivity contribution is 5.41. The van der Waals surface area contributed by atoms with Crippen LogP contribution in [0, 0.1) is 47.4 Å². The Morgan fingerprint density at radius 3 is 2.36 bits per heavy atom. The molecule has 0 radical (unpaired) electrons. The summed E-state index contributed by atoms with van der Waals surface area (Å²) in [5.41, 5.74) is 0. The van der Waals surface area contributed by atoms with Gasteiger partial charge in [0.15, 0.2) is 0 Å². The van der Waals surface area contributed by atoms with Crippen LogP contribution >= 0.6 is 0 Å². The molecule has 1 nitrogen and oxygen atoms in total. The molecule has 1 atom stereocenters. The van der Waals surface area contributed by atoms with Gasteiger partial charge in [-0.15, -0.1) is 0 Å². The summed E-state index contributed by atoms with van der Waals surface area (Å²) in [6, 6.07) is 0. The minimum atomic E-state index is 0.275. The largest absolute Gasteiger partial charge is 0.369 e. The summed E-state index contributed by atoms with van der Waals surface area (Å²) in [5.74, 6) is 20.9. The van der Waals surface area contributed by atoms with Crippen LogP contribution in [0.5, 0.6) is 0 Å². The lowest BCUT2D eigenvalue weighted by molar-refractivity contribution is 0.440. The summed E-state index contributed by atoms with van der Waals surface area (Å²) in [7, 11) is 0. The van der Waals surface area contributed by atoms with E-state index in [9.17, 15) is 0 Å².